The van der Waals surface area contributed by atoms with Crippen LogP contribution >= 0.6 is 0 Å². The van der Waals surface area contributed by atoms with Crippen LogP contribution in [0.2, 0.25) is 0 Å². The molecule has 1 aromatic carbocycles. The van der Waals surface area contributed by atoms with E-state index < -0.39 is 10.2 Å². The predicted molar refractivity (Wildman–Crippen MR) is 112 cm³/mol. The lowest BCUT2D eigenvalue weighted by Gasteiger charge is -2.38. The van der Waals surface area contributed by atoms with Gasteiger partial charge in [-0.3, -0.25) is 0 Å². The lowest BCUT2D eigenvalue weighted by Crippen LogP contribution is -2.55. The number of hydrogen-bond donors (Lipinski definition) is 1. The Labute approximate surface area is 168 Å². The number of carbonyl (C=O) groups excluding carboxylic acids is 1. The Bertz CT molecular complexity index is 777. The molecule has 1 N–H and O–H groups in total. The third kappa shape index (κ3) is 4.85. The zero-order valence-electron chi connectivity index (χ0n) is 17.1. The third-order valence-corrected chi connectivity index (χ3v) is 7.82. The monoisotopic (exact) mass is 408 g/mol. The van der Waals surface area contributed by atoms with Gasteiger partial charge in [-0.25, -0.2) is 4.79 Å². The van der Waals surface area contributed by atoms with Crippen LogP contribution < -0.4 is 5.32 Å². The van der Waals surface area contributed by atoms with Crippen molar-refractivity contribution in [3.63, 3.8) is 0 Å². The molecule has 8 heteroatoms. The molecule has 0 radical (unpaired) electrons. The van der Waals surface area contributed by atoms with Gasteiger partial charge in [0.25, 0.3) is 10.2 Å². The van der Waals surface area contributed by atoms with Crippen molar-refractivity contribution >= 4 is 21.9 Å². The van der Waals surface area contributed by atoms with Gasteiger partial charge in [0.05, 0.1) is 0 Å². The Morgan fingerprint density at radius 3 is 2.14 bits per heavy atom. The van der Waals surface area contributed by atoms with E-state index in [1.807, 2.05) is 26.0 Å². The molecule has 2 fully saturated rings. The summed E-state index contributed by atoms with van der Waals surface area (Å²) in [6, 6.07) is 5.85. The number of urea groups is 1. The highest BCUT2D eigenvalue weighted by Gasteiger charge is 2.35. The smallest absolute Gasteiger partial charge is 0.321 e. The zero-order chi connectivity index (χ0) is 20.3. The van der Waals surface area contributed by atoms with E-state index >= 15 is 0 Å². The first kappa shape index (κ1) is 21.1. The van der Waals surface area contributed by atoms with Crippen LogP contribution in [0.3, 0.4) is 0 Å². The van der Waals surface area contributed by atoms with Crippen LogP contribution in [0, 0.1) is 13.8 Å². The lowest BCUT2D eigenvalue weighted by molar-refractivity contribution is 0.178. The van der Waals surface area contributed by atoms with E-state index in [9.17, 15) is 13.2 Å². The van der Waals surface area contributed by atoms with Crippen molar-refractivity contribution in [2.75, 3.05) is 38.5 Å². The first-order chi connectivity index (χ1) is 13.3. The molecule has 28 heavy (non-hydrogen) atoms. The second-order valence-electron chi connectivity index (χ2n) is 8.01. The minimum atomic E-state index is -3.47. The SMILES string of the molecule is Cc1cc(C)cc(NC(=O)N2CCN(S(=O)(=O)N(C)C3CCCCC3)CC2)c1. The molecule has 0 spiro atoms. The molecule has 1 saturated heterocycles. The van der Waals surface area contributed by atoms with Gasteiger partial charge >= 0.3 is 6.03 Å². The van der Waals surface area contributed by atoms with Crippen LogP contribution in [-0.2, 0) is 10.2 Å². The first-order valence-electron chi connectivity index (χ1n) is 10.1. The second kappa shape index (κ2) is 8.80. The van der Waals surface area contributed by atoms with Gasteiger partial charge < -0.3 is 10.2 Å². The molecule has 2 aliphatic rings. The van der Waals surface area contributed by atoms with Crippen molar-refractivity contribution in [2.45, 2.75) is 52.0 Å². The zero-order valence-corrected chi connectivity index (χ0v) is 18.0. The maximum absolute atomic E-state index is 13.0. The summed E-state index contributed by atoms with van der Waals surface area (Å²) in [7, 11) is -1.77. The molecule has 2 amide bonds. The van der Waals surface area contributed by atoms with Gasteiger partial charge in [0.2, 0.25) is 0 Å². The van der Waals surface area contributed by atoms with Gasteiger partial charge in [0.1, 0.15) is 0 Å². The normalized spacial score (nSPS) is 19.8. The first-order valence-corrected chi connectivity index (χ1v) is 11.5. The highest BCUT2D eigenvalue weighted by Crippen LogP contribution is 2.25. The summed E-state index contributed by atoms with van der Waals surface area (Å²) in [6.07, 6.45) is 5.26. The number of hydrogen-bond acceptors (Lipinski definition) is 3. The highest BCUT2D eigenvalue weighted by atomic mass is 32.2. The number of piperazine rings is 1. The molecule has 1 aliphatic heterocycles. The quantitative estimate of drug-likeness (QED) is 0.832. The fraction of sp³-hybridized carbons (Fsp3) is 0.650. The molecule has 1 heterocycles. The van der Waals surface area contributed by atoms with Crippen LogP contribution in [0.5, 0.6) is 0 Å². The van der Waals surface area contributed by atoms with Gasteiger partial charge in [0, 0.05) is 45.0 Å². The number of nitrogens with one attached hydrogen (secondary N) is 1. The molecule has 1 saturated carbocycles. The number of nitrogens with zero attached hydrogens (tertiary/aromatic N) is 3. The number of carbonyl (C=O) groups is 1. The Morgan fingerprint density at radius 1 is 1.00 bits per heavy atom. The average Bonchev–Trinajstić information content (AvgIpc) is 2.67. The van der Waals surface area contributed by atoms with Gasteiger partial charge in [-0.15, -0.1) is 0 Å². The maximum Gasteiger partial charge on any atom is 0.321 e. The summed E-state index contributed by atoms with van der Waals surface area (Å²) >= 11 is 0. The highest BCUT2D eigenvalue weighted by molar-refractivity contribution is 7.86. The lowest BCUT2D eigenvalue weighted by atomic mass is 9.96. The molecule has 0 bridgehead atoms. The summed E-state index contributed by atoms with van der Waals surface area (Å²) in [5.74, 6) is 0. The topological polar surface area (TPSA) is 73.0 Å². The molecule has 156 valence electrons. The Balaban J connectivity index is 1.56. The number of amides is 2. The molecule has 1 aromatic rings. The predicted octanol–water partition coefficient (Wildman–Crippen LogP) is 2.96. The van der Waals surface area contributed by atoms with E-state index in [-0.39, 0.29) is 12.1 Å². The van der Waals surface area contributed by atoms with Crippen molar-refractivity contribution < 1.29 is 13.2 Å². The number of aryl methyl sites for hydroxylation is 2. The summed E-state index contributed by atoms with van der Waals surface area (Å²) in [4.78, 5) is 14.2. The second-order valence-corrected chi connectivity index (χ2v) is 10.00. The third-order valence-electron chi connectivity index (χ3n) is 5.78. The van der Waals surface area contributed by atoms with Gasteiger partial charge in [-0.05, 0) is 49.9 Å². The van der Waals surface area contributed by atoms with Crippen molar-refractivity contribution in [3.05, 3.63) is 29.3 Å². The van der Waals surface area contributed by atoms with Crippen molar-refractivity contribution in [1.82, 2.24) is 13.5 Å². The molecule has 1 aliphatic carbocycles. The van der Waals surface area contributed by atoms with E-state index in [0.717, 1.165) is 42.5 Å². The fourth-order valence-corrected chi connectivity index (χ4v) is 5.76. The Hall–Kier alpha value is -1.64. The van der Waals surface area contributed by atoms with E-state index in [1.165, 1.54) is 10.7 Å². The summed E-state index contributed by atoms with van der Waals surface area (Å²) in [5.41, 5.74) is 2.96. The molecular weight excluding hydrogens is 376 g/mol. The average molecular weight is 409 g/mol. The number of benzene rings is 1. The van der Waals surface area contributed by atoms with Crippen molar-refractivity contribution in [3.8, 4) is 0 Å². The minimum Gasteiger partial charge on any atom is -0.322 e. The fourth-order valence-electron chi connectivity index (χ4n) is 4.19. The minimum absolute atomic E-state index is 0.102. The Morgan fingerprint density at radius 2 is 1.57 bits per heavy atom. The van der Waals surface area contributed by atoms with Crippen LogP contribution in [0.1, 0.15) is 43.2 Å². The van der Waals surface area contributed by atoms with Crippen LogP contribution in [0.4, 0.5) is 10.5 Å². The number of rotatable bonds is 4. The summed E-state index contributed by atoms with van der Waals surface area (Å²) < 4.78 is 29.0. The van der Waals surface area contributed by atoms with Crippen molar-refractivity contribution in [1.29, 1.82) is 0 Å². The molecule has 0 unspecified atom stereocenters. The van der Waals surface area contributed by atoms with Crippen LogP contribution in [0.15, 0.2) is 18.2 Å². The molecule has 0 atom stereocenters. The summed E-state index contributed by atoms with van der Waals surface area (Å²) in [6.45, 7) is 5.45. The van der Waals surface area contributed by atoms with Crippen LogP contribution in [-0.4, -0.2) is 67.2 Å². The molecular formula is C20H32N4O3S. The van der Waals surface area contributed by atoms with Gasteiger partial charge in [-0.1, -0.05) is 25.3 Å². The van der Waals surface area contributed by atoms with E-state index in [1.54, 1.807) is 16.3 Å². The molecule has 0 aromatic heterocycles. The molecule has 3 rings (SSSR count). The van der Waals surface area contributed by atoms with Crippen molar-refractivity contribution in [2.24, 2.45) is 0 Å². The standard InChI is InChI=1S/C20H32N4O3S/c1-16-13-17(2)15-18(14-16)21-20(25)23-9-11-24(12-10-23)28(26,27)22(3)19-7-5-4-6-8-19/h13-15,19H,4-12H2,1-3H3,(H,21,25). The maximum atomic E-state index is 13.0. The largest absolute Gasteiger partial charge is 0.322 e. The Kier molecular flexibility index (Phi) is 6.62. The van der Waals surface area contributed by atoms with Gasteiger partial charge in [-0.2, -0.15) is 17.0 Å². The molecule has 7 nitrogen and oxygen atoms in total. The van der Waals surface area contributed by atoms with E-state index in [2.05, 4.69) is 11.4 Å². The van der Waals surface area contributed by atoms with E-state index in [4.69, 9.17) is 0 Å². The summed E-state index contributed by atoms with van der Waals surface area (Å²) in [5, 5.41) is 2.93. The van der Waals surface area contributed by atoms with E-state index in [0.29, 0.717) is 26.2 Å². The number of anilines is 1. The van der Waals surface area contributed by atoms with Crippen LogP contribution in [0.25, 0.3) is 0 Å². The van der Waals surface area contributed by atoms with Gasteiger partial charge in [0.15, 0.2) is 0 Å².